The van der Waals surface area contributed by atoms with E-state index >= 15 is 0 Å². The van der Waals surface area contributed by atoms with E-state index in [4.69, 9.17) is 14.2 Å². The van der Waals surface area contributed by atoms with Gasteiger partial charge < -0.3 is 14.2 Å². The summed E-state index contributed by atoms with van der Waals surface area (Å²) in [5, 5.41) is 0. The Morgan fingerprint density at radius 2 is 1.71 bits per heavy atom. The summed E-state index contributed by atoms with van der Waals surface area (Å²) in [6.45, 7) is 0. The molecule has 21 heavy (non-hydrogen) atoms. The second kappa shape index (κ2) is 6.79. The fraction of sp³-hybridized carbons (Fsp3) is 0.235. The molecule has 0 aliphatic rings. The van der Waals surface area contributed by atoms with Crippen LogP contribution in [0.25, 0.3) is 0 Å². The highest BCUT2D eigenvalue weighted by atomic mass is 16.5. The topological polar surface area (TPSA) is 44.8 Å². The van der Waals surface area contributed by atoms with Gasteiger partial charge in [0.25, 0.3) is 0 Å². The number of carbonyl (C=O) groups is 1. The average Bonchev–Trinajstić information content (AvgIpc) is 2.53. The second-order valence-corrected chi connectivity index (χ2v) is 4.49. The summed E-state index contributed by atoms with van der Waals surface area (Å²) in [5.41, 5.74) is 1.41. The Hall–Kier alpha value is -2.49. The first kappa shape index (κ1) is 14.9. The summed E-state index contributed by atoms with van der Waals surface area (Å²) in [5.74, 6) is 1.72. The fourth-order valence-corrected chi connectivity index (χ4v) is 2.17. The maximum absolute atomic E-state index is 12.5. The van der Waals surface area contributed by atoms with Gasteiger partial charge in [0.05, 0.1) is 26.9 Å². The van der Waals surface area contributed by atoms with Crippen molar-refractivity contribution in [3.05, 3.63) is 53.6 Å². The van der Waals surface area contributed by atoms with Crippen LogP contribution in [-0.2, 0) is 6.42 Å². The molecule has 2 aromatic carbocycles. The predicted molar refractivity (Wildman–Crippen MR) is 80.6 cm³/mol. The highest BCUT2D eigenvalue weighted by Gasteiger charge is 2.16. The first-order valence-corrected chi connectivity index (χ1v) is 6.56. The van der Waals surface area contributed by atoms with Crippen LogP contribution in [0.15, 0.2) is 42.5 Å². The molecule has 0 heterocycles. The monoisotopic (exact) mass is 286 g/mol. The van der Waals surface area contributed by atoms with Crippen LogP contribution in [0.5, 0.6) is 17.2 Å². The molecule has 110 valence electrons. The predicted octanol–water partition coefficient (Wildman–Crippen LogP) is 3.14. The van der Waals surface area contributed by atoms with Gasteiger partial charge in [-0.2, -0.15) is 0 Å². The number of benzene rings is 2. The average molecular weight is 286 g/mol. The van der Waals surface area contributed by atoms with Crippen molar-refractivity contribution in [2.45, 2.75) is 6.42 Å². The summed E-state index contributed by atoms with van der Waals surface area (Å²) >= 11 is 0. The van der Waals surface area contributed by atoms with E-state index in [-0.39, 0.29) is 12.2 Å². The summed E-state index contributed by atoms with van der Waals surface area (Å²) in [4.78, 5) is 12.5. The molecule has 0 aromatic heterocycles. The number of hydrogen-bond donors (Lipinski definition) is 0. The Kier molecular flexibility index (Phi) is 4.82. The Morgan fingerprint density at radius 1 is 0.952 bits per heavy atom. The summed E-state index contributed by atoms with van der Waals surface area (Å²) in [6, 6.07) is 12.7. The lowest BCUT2D eigenvalue weighted by atomic mass is 10.0. The zero-order valence-corrected chi connectivity index (χ0v) is 12.4. The third kappa shape index (κ3) is 3.34. The number of ketones is 1. The van der Waals surface area contributed by atoms with E-state index in [1.54, 1.807) is 32.4 Å². The van der Waals surface area contributed by atoms with Gasteiger partial charge in [-0.1, -0.05) is 18.2 Å². The van der Waals surface area contributed by atoms with Gasteiger partial charge in [0, 0.05) is 6.42 Å². The third-order valence-electron chi connectivity index (χ3n) is 3.20. The van der Waals surface area contributed by atoms with E-state index in [9.17, 15) is 4.79 Å². The van der Waals surface area contributed by atoms with E-state index in [1.807, 2.05) is 24.3 Å². The molecular formula is C17H18O4. The van der Waals surface area contributed by atoms with Gasteiger partial charge in [0.2, 0.25) is 0 Å². The van der Waals surface area contributed by atoms with Crippen molar-refractivity contribution in [3.8, 4) is 17.2 Å². The van der Waals surface area contributed by atoms with Crippen LogP contribution in [0, 0.1) is 0 Å². The Balaban J connectivity index is 2.28. The largest absolute Gasteiger partial charge is 0.497 e. The van der Waals surface area contributed by atoms with E-state index < -0.39 is 0 Å². The standard InChI is InChI=1S/C17H18O4/c1-19-13-7-4-6-12(10-13)11-15(18)14-8-5-9-16(20-2)17(14)21-3/h4-10H,11H2,1-3H3. The van der Waals surface area contributed by atoms with Crippen molar-refractivity contribution in [3.63, 3.8) is 0 Å². The van der Waals surface area contributed by atoms with Crippen LogP contribution >= 0.6 is 0 Å². The Labute approximate surface area is 124 Å². The van der Waals surface area contributed by atoms with Crippen LogP contribution in [0.2, 0.25) is 0 Å². The van der Waals surface area contributed by atoms with Crippen molar-refractivity contribution in [2.75, 3.05) is 21.3 Å². The molecule has 0 amide bonds. The summed E-state index contributed by atoms with van der Waals surface area (Å²) in [7, 11) is 4.68. The number of ether oxygens (including phenoxy) is 3. The van der Waals surface area contributed by atoms with Gasteiger partial charge in [-0.15, -0.1) is 0 Å². The van der Waals surface area contributed by atoms with Crippen LogP contribution < -0.4 is 14.2 Å². The minimum atomic E-state index is -0.0287. The molecule has 2 rings (SSSR count). The highest BCUT2D eigenvalue weighted by molar-refractivity contribution is 6.00. The summed E-state index contributed by atoms with van der Waals surface area (Å²) < 4.78 is 15.7. The van der Waals surface area contributed by atoms with E-state index in [0.29, 0.717) is 17.1 Å². The number of Topliss-reactive ketones (excluding diaryl/α,β-unsaturated/α-hetero) is 1. The molecule has 4 heteroatoms. The zero-order valence-electron chi connectivity index (χ0n) is 12.4. The van der Waals surface area contributed by atoms with Gasteiger partial charge in [-0.05, 0) is 29.8 Å². The molecule has 0 unspecified atom stereocenters. The Bertz CT molecular complexity index is 634. The molecule has 0 radical (unpaired) electrons. The van der Waals surface area contributed by atoms with E-state index in [0.717, 1.165) is 11.3 Å². The normalized spacial score (nSPS) is 10.0. The molecule has 0 atom stereocenters. The lowest BCUT2D eigenvalue weighted by Gasteiger charge is -2.12. The molecule has 0 bridgehead atoms. The minimum Gasteiger partial charge on any atom is -0.497 e. The number of para-hydroxylation sites is 1. The molecule has 4 nitrogen and oxygen atoms in total. The molecule has 0 fully saturated rings. The van der Waals surface area contributed by atoms with Gasteiger partial charge in [-0.25, -0.2) is 0 Å². The number of carbonyl (C=O) groups excluding carboxylic acids is 1. The quantitative estimate of drug-likeness (QED) is 0.765. The van der Waals surface area contributed by atoms with Crippen molar-refractivity contribution in [2.24, 2.45) is 0 Å². The van der Waals surface area contributed by atoms with E-state index in [2.05, 4.69) is 0 Å². The summed E-state index contributed by atoms with van der Waals surface area (Å²) in [6.07, 6.45) is 0.278. The third-order valence-corrected chi connectivity index (χ3v) is 3.20. The van der Waals surface area contributed by atoms with Crippen LogP contribution in [0.4, 0.5) is 0 Å². The SMILES string of the molecule is COc1cccc(CC(=O)c2cccc(OC)c2OC)c1. The van der Waals surface area contributed by atoms with Gasteiger partial charge >= 0.3 is 0 Å². The lowest BCUT2D eigenvalue weighted by Crippen LogP contribution is -2.07. The van der Waals surface area contributed by atoms with Crippen molar-refractivity contribution in [1.82, 2.24) is 0 Å². The number of rotatable bonds is 6. The molecule has 0 aliphatic carbocycles. The highest BCUT2D eigenvalue weighted by Crippen LogP contribution is 2.31. The molecule has 2 aromatic rings. The van der Waals surface area contributed by atoms with Crippen molar-refractivity contribution < 1.29 is 19.0 Å². The zero-order chi connectivity index (χ0) is 15.2. The smallest absolute Gasteiger partial charge is 0.171 e. The molecule has 0 N–H and O–H groups in total. The molecule has 0 aliphatic heterocycles. The number of hydrogen-bond acceptors (Lipinski definition) is 4. The first-order chi connectivity index (χ1) is 10.2. The van der Waals surface area contributed by atoms with Crippen LogP contribution in [-0.4, -0.2) is 27.1 Å². The lowest BCUT2D eigenvalue weighted by molar-refractivity contribution is 0.0989. The van der Waals surface area contributed by atoms with Crippen LogP contribution in [0.1, 0.15) is 15.9 Å². The van der Waals surface area contributed by atoms with Crippen molar-refractivity contribution in [1.29, 1.82) is 0 Å². The molecule has 0 saturated carbocycles. The molecular weight excluding hydrogens is 268 g/mol. The second-order valence-electron chi connectivity index (χ2n) is 4.49. The first-order valence-electron chi connectivity index (χ1n) is 6.56. The number of methoxy groups -OCH3 is 3. The van der Waals surface area contributed by atoms with Gasteiger partial charge in [0.1, 0.15) is 5.75 Å². The fourth-order valence-electron chi connectivity index (χ4n) is 2.17. The maximum Gasteiger partial charge on any atom is 0.171 e. The van der Waals surface area contributed by atoms with Gasteiger partial charge in [-0.3, -0.25) is 4.79 Å². The van der Waals surface area contributed by atoms with E-state index in [1.165, 1.54) is 7.11 Å². The molecule has 0 saturated heterocycles. The van der Waals surface area contributed by atoms with Crippen molar-refractivity contribution >= 4 is 5.78 Å². The minimum absolute atomic E-state index is 0.0287. The maximum atomic E-state index is 12.5. The Morgan fingerprint density at radius 3 is 2.38 bits per heavy atom. The van der Waals surface area contributed by atoms with Gasteiger partial charge in [0.15, 0.2) is 17.3 Å². The van der Waals surface area contributed by atoms with Crippen LogP contribution in [0.3, 0.4) is 0 Å². The molecule has 0 spiro atoms.